The van der Waals surface area contributed by atoms with Gasteiger partial charge in [-0.1, -0.05) is 18.2 Å². The monoisotopic (exact) mass is 223 g/mol. The molecule has 1 N–H and O–H groups in total. The second-order valence-electron chi connectivity index (χ2n) is 3.91. The molecule has 15 heavy (non-hydrogen) atoms. The minimum absolute atomic E-state index is 0.476. The van der Waals surface area contributed by atoms with Gasteiger partial charge in [-0.2, -0.15) is 0 Å². The molecule has 0 aromatic heterocycles. The van der Waals surface area contributed by atoms with Crippen LogP contribution in [0.3, 0.4) is 0 Å². The Hall–Kier alpha value is -1.02. The molecular formula is C12H14ClNO. The van der Waals surface area contributed by atoms with Crippen molar-refractivity contribution in [2.24, 2.45) is 0 Å². The Morgan fingerprint density at radius 3 is 2.93 bits per heavy atom. The van der Waals surface area contributed by atoms with Crippen LogP contribution in [0, 0.1) is 0 Å². The lowest BCUT2D eigenvalue weighted by Crippen LogP contribution is -2.19. The number of halogens is 1. The minimum Gasteiger partial charge on any atom is -0.342 e. The summed E-state index contributed by atoms with van der Waals surface area (Å²) in [6.07, 6.45) is 4.54. The zero-order valence-corrected chi connectivity index (χ0v) is 9.31. The fourth-order valence-electron chi connectivity index (χ4n) is 2.09. The van der Waals surface area contributed by atoms with Crippen LogP contribution in [-0.2, 0) is 19.3 Å². The number of nitrogens with one attached hydrogen (secondary N) is 1. The zero-order chi connectivity index (χ0) is 10.7. The van der Waals surface area contributed by atoms with Crippen molar-refractivity contribution < 1.29 is 4.79 Å². The van der Waals surface area contributed by atoms with E-state index in [-0.39, 0.29) is 0 Å². The number of rotatable bonds is 3. The third kappa shape index (κ3) is 2.72. The highest BCUT2D eigenvalue weighted by Crippen LogP contribution is 2.22. The number of carbonyl (C=O) groups excluding carboxylic acids is 1. The number of amides is 1. The topological polar surface area (TPSA) is 29.1 Å². The van der Waals surface area contributed by atoms with Crippen molar-refractivity contribution in [3.8, 4) is 0 Å². The van der Waals surface area contributed by atoms with Crippen LogP contribution in [0.4, 0.5) is 4.79 Å². The number of hydrogen-bond acceptors (Lipinski definition) is 1. The van der Waals surface area contributed by atoms with Gasteiger partial charge in [0, 0.05) is 6.54 Å². The smallest absolute Gasteiger partial charge is 0.313 e. The third-order valence-electron chi connectivity index (χ3n) is 2.84. The van der Waals surface area contributed by atoms with Crippen LogP contribution in [0.5, 0.6) is 0 Å². The van der Waals surface area contributed by atoms with E-state index in [9.17, 15) is 4.79 Å². The lowest BCUT2D eigenvalue weighted by molar-refractivity contribution is 0.260. The lowest BCUT2D eigenvalue weighted by Gasteiger charge is -2.04. The van der Waals surface area contributed by atoms with Crippen molar-refractivity contribution >= 4 is 17.0 Å². The van der Waals surface area contributed by atoms with Gasteiger partial charge in [0.2, 0.25) is 0 Å². The fourth-order valence-corrected chi connectivity index (χ4v) is 2.18. The largest absolute Gasteiger partial charge is 0.342 e. The summed E-state index contributed by atoms with van der Waals surface area (Å²) in [6, 6.07) is 6.60. The highest BCUT2D eigenvalue weighted by Gasteiger charge is 2.10. The molecule has 0 radical (unpaired) electrons. The first-order chi connectivity index (χ1) is 7.25. The van der Waals surface area contributed by atoms with Crippen molar-refractivity contribution in [3.05, 3.63) is 34.9 Å². The van der Waals surface area contributed by atoms with E-state index in [0.29, 0.717) is 6.54 Å². The summed E-state index contributed by atoms with van der Waals surface area (Å²) in [5.74, 6) is 0. The van der Waals surface area contributed by atoms with Crippen LogP contribution < -0.4 is 5.32 Å². The number of benzene rings is 1. The molecule has 0 saturated heterocycles. The van der Waals surface area contributed by atoms with E-state index in [1.54, 1.807) is 0 Å². The van der Waals surface area contributed by atoms with Crippen molar-refractivity contribution in [1.82, 2.24) is 5.32 Å². The summed E-state index contributed by atoms with van der Waals surface area (Å²) in [4.78, 5) is 10.5. The summed E-state index contributed by atoms with van der Waals surface area (Å²) in [5.41, 5.74) is 4.24. The van der Waals surface area contributed by atoms with E-state index in [2.05, 4.69) is 23.5 Å². The molecule has 0 fully saturated rings. The Morgan fingerprint density at radius 2 is 2.13 bits per heavy atom. The number of carbonyl (C=O) groups is 1. The molecule has 0 heterocycles. The van der Waals surface area contributed by atoms with Crippen LogP contribution in [0.1, 0.15) is 23.1 Å². The van der Waals surface area contributed by atoms with E-state index < -0.39 is 5.37 Å². The molecule has 0 saturated carbocycles. The van der Waals surface area contributed by atoms with Gasteiger partial charge in [-0.3, -0.25) is 4.79 Å². The Morgan fingerprint density at radius 1 is 1.33 bits per heavy atom. The van der Waals surface area contributed by atoms with Crippen LogP contribution >= 0.6 is 11.6 Å². The van der Waals surface area contributed by atoms with Crippen molar-refractivity contribution in [2.75, 3.05) is 6.54 Å². The molecule has 2 nitrogen and oxygen atoms in total. The molecule has 0 spiro atoms. The molecule has 3 heteroatoms. The molecule has 80 valence electrons. The Labute approximate surface area is 94.6 Å². The first-order valence-electron chi connectivity index (χ1n) is 5.30. The second-order valence-corrected chi connectivity index (χ2v) is 4.25. The average Bonchev–Trinajstić information content (AvgIpc) is 2.64. The van der Waals surface area contributed by atoms with Gasteiger partial charge >= 0.3 is 5.37 Å². The normalized spacial score (nSPS) is 13.7. The lowest BCUT2D eigenvalue weighted by atomic mass is 10.0. The molecule has 0 aliphatic heterocycles. The third-order valence-corrected chi connectivity index (χ3v) is 2.97. The maximum atomic E-state index is 10.5. The summed E-state index contributed by atoms with van der Waals surface area (Å²) in [7, 11) is 0. The molecule has 1 aliphatic carbocycles. The minimum atomic E-state index is -0.476. The van der Waals surface area contributed by atoms with Crippen molar-refractivity contribution in [2.45, 2.75) is 25.7 Å². The van der Waals surface area contributed by atoms with Gasteiger partial charge in [0.1, 0.15) is 0 Å². The molecule has 0 atom stereocenters. The number of aryl methyl sites for hydroxylation is 2. The zero-order valence-electron chi connectivity index (χ0n) is 8.55. The standard InChI is InChI=1S/C12H14ClNO/c13-12(15)14-7-6-9-4-5-10-2-1-3-11(10)8-9/h4-5,8H,1-3,6-7H2,(H,14,15). The van der Waals surface area contributed by atoms with Crippen LogP contribution in [-0.4, -0.2) is 11.9 Å². The van der Waals surface area contributed by atoms with Gasteiger partial charge in [0.15, 0.2) is 0 Å². The van der Waals surface area contributed by atoms with Gasteiger partial charge in [-0.05, 0) is 54.0 Å². The molecule has 0 unspecified atom stereocenters. The summed E-state index contributed by atoms with van der Waals surface area (Å²) in [5, 5.41) is 2.11. The van der Waals surface area contributed by atoms with Gasteiger partial charge in [-0.15, -0.1) is 0 Å². The van der Waals surface area contributed by atoms with E-state index in [1.807, 2.05) is 0 Å². The molecule has 1 aromatic rings. The van der Waals surface area contributed by atoms with Crippen LogP contribution in [0.2, 0.25) is 0 Å². The van der Waals surface area contributed by atoms with Crippen LogP contribution in [0.15, 0.2) is 18.2 Å². The van der Waals surface area contributed by atoms with E-state index in [0.717, 1.165) is 6.42 Å². The van der Waals surface area contributed by atoms with Crippen LogP contribution in [0.25, 0.3) is 0 Å². The molecular weight excluding hydrogens is 210 g/mol. The predicted octanol–water partition coefficient (Wildman–Crippen LogP) is 2.67. The highest BCUT2D eigenvalue weighted by atomic mass is 35.5. The van der Waals surface area contributed by atoms with Crippen molar-refractivity contribution in [1.29, 1.82) is 0 Å². The Balaban J connectivity index is 1.95. The summed E-state index contributed by atoms with van der Waals surface area (Å²) < 4.78 is 0. The number of hydrogen-bond donors (Lipinski definition) is 1. The Bertz CT molecular complexity index is 376. The maximum absolute atomic E-state index is 10.5. The SMILES string of the molecule is O=C(Cl)NCCc1ccc2c(c1)CCC2. The second kappa shape index (κ2) is 4.67. The van der Waals surface area contributed by atoms with E-state index >= 15 is 0 Å². The van der Waals surface area contributed by atoms with Crippen molar-refractivity contribution in [3.63, 3.8) is 0 Å². The quantitative estimate of drug-likeness (QED) is 0.620. The van der Waals surface area contributed by atoms with Gasteiger partial charge in [0.05, 0.1) is 0 Å². The fraction of sp³-hybridized carbons (Fsp3) is 0.417. The molecule has 2 rings (SSSR count). The average molecular weight is 224 g/mol. The number of fused-ring (bicyclic) bond motifs is 1. The van der Waals surface area contributed by atoms with Gasteiger partial charge in [-0.25, -0.2) is 0 Å². The van der Waals surface area contributed by atoms with Gasteiger partial charge in [0.25, 0.3) is 0 Å². The van der Waals surface area contributed by atoms with E-state index in [1.165, 1.54) is 36.0 Å². The molecule has 1 amide bonds. The summed E-state index contributed by atoms with van der Waals surface area (Å²) >= 11 is 5.19. The molecule has 1 aromatic carbocycles. The highest BCUT2D eigenvalue weighted by molar-refractivity contribution is 6.62. The predicted molar refractivity (Wildman–Crippen MR) is 61.4 cm³/mol. The first-order valence-corrected chi connectivity index (χ1v) is 5.67. The van der Waals surface area contributed by atoms with E-state index in [4.69, 9.17) is 11.6 Å². The maximum Gasteiger partial charge on any atom is 0.313 e. The molecule has 1 aliphatic rings. The summed E-state index contributed by atoms with van der Waals surface area (Å²) in [6.45, 7) is 0.612. The Kier molecular flexibility index (Phi) is 3.27. The van der Waals surface area contributed by atoms with Gasteiger partial charge < -0.3 is 5.32 Å². The first kappa shape index (κ1) is 10.5. The molecule has 0 bridgehead atoms.